The van der Waals surface area contributed by atoms with Crippen molar-refractivity contribution in [2.24, 2.45) is 0 Å². The first kappa shape index (κ1) is 10.8. The largest absolute Gasteiger partial charge is 0.419 e. The van der Waals surface area contributed by atoms with Crippen molar-refractivity contribution in [2.75, 3.05) is 7.05 Å². The molecule has 1 N–H and O–H groups in total. The summed E-state index contributed by atoms with van der Waals surface area (Å²) in [6.07, 6.45) is 0. The second kappa shape index (κ2) is 4.40. The minimum Gasteiger partial charge on any atom is -0.419 e. The Morgan fingerprint density at radius 1 is 1.38 bits per heavy atom. The van der Waals surface area contributed by atoms with Crippen LogP contribution in [0.1, 0.15) is 11.5 Å². The fraction of sp³-hybridized carbons (Fsp3) is 0.273. The van der Waals surface area contributed by atoms with E-state index in [1.54, 1.807) is 32.2 Å². The van der Waals surface area contributed by atoms with Crippen LogP contribution in [-0.4, -0.2) is 17.2 Å². The molecule has 4 nitrogen and oxygen atoms in total. The Morgan fingerprint density at radius 3 is 2.94 bits per heavy atom. The molecule has 2 aromatic rings. The number of aryl methyl sites for hydroxylation is 1. The SMILES string of the molecule is CNCc1nnc(-c2cccc(C)c2F)o1. The van der Waals surface area contributed by atoms with Gasteiger partial charge in [-0.1, -0.05) is 12.1 Å². The van der Waals surface area contributed by atoms with Gasteiger partial charge in [-0.25, -0.2) is 4.39 Å². The molecule has 0 aliphatic carbocycles. The summed E-state index contributed by atoms with van der Waals surface area (Å²) in [4.78, 5) is 0. The van der Waals surface area contributed by atoms with E-state index >= 15 is 0 Å². The summed E-state index contributed by atoms with van der Waals surface area (Å²) in [7, 11) is 1.77. The van der Waals surface area contributed by atoms with Crippen LogP contribution < -0.4 is 5.32 Å². The summed E-state index contributed by atoms with van der Waals surface area (Å²) in [5, 5.41) is 10.5. The molecule has 0 spiro atoms. The van der Waals surface area contributed by atoms with Crippen LogP contribution in [-0.2, 0) is 6.54 Å². The third-order valence-electron chi connectivity index (χ3n) is 2.22. The third-order valence-corrected chi connectivity index (χ3v) is 2.22. The Balaban J connectivity index is 2.39. The van der Waals surface area contributed by atoms with Crippen LogP contribution in [0.3, 0.4) is 0 Å². The van der Waals surface area contributed by atoms with Gasteiger partial charge in [0, 0.05) is 0 Å². The Kier molecular flexibility index (Phi) is 2.96. The number of nitrogens with one attached hydrogen (secondary N) is 1. The maximum atomic E-state index is 13.7. The lowest BCUT2D eigenvalue weighted by atomic mass is 10.1. The summed E-state index contributed by atoms with van der Waals surface area (Å²) < 4.78 is 19.1. The zero-order valence-corrected chi connectivity index (χ0v) is 9.12. The third kappa shape index (κ3) is 1.94. The molecule has 1 heterocycles. The predicted molar refractivity (Wildman–Crippen MR) is 57.2 cm³/mol. The molecule has 0 unspecified atom stereocenters. The van der Waals surface area contributed by atoms with E-state index in [-0.39, 0.29) is 11.7 Å². The molecule has 0 bridgehead atoms. The summed E-state index contributed by atoms with van der Waals surface area (Å²) in [6, 6.07) is 5.08. The van der Waals surface area contributed by atoms with Gasteiger partial charge in [0.15, 0.2) is 0 Å². The van der Waals surface area contributed by atoms with Crippen LogP contribution >= 0.6 is 0 Å². The molecule has 0 saturated heterocycles. The quantitative estimate of drug-likeness (QED) is 0.860. The van der Waals surface area contributed by atoms with Crippen molar-refractivity contribution in [3.05, 3.63) is 35.5 Å². The smallest absolute Gasteiger partial charge is 0.250 e. The molecule has 0 amide bonds. The molecule has 5 heteroatoms. The van der Waals surface area contributed by atoms with Gasteiger partial charge in [-0.15, -0.1) is 10.2 Å². The van der Waals surface area contributed by atoms with E-state index in [9.17, 15) is 4.39 Å². The standard InChI is InChI=1S/C11H12FN3O/c1-7-4-3-5-8(10(7)12)11-15-14-9(16-11)6-13-2/h3-5,13H,6H2,1-2H3. The van der Waals surface area contributed by atoms with Gasteiger partial charge in [0.05, 0.1) is 12.1 Å². The first-order valence-electron chi connectivity index (χ1n) is 4.95. The highest BCUT2D eigenvalue weighted by molar-refractivity contribution is 5.54. The zero-order valence-electron chi connectivity index (χ0n) is 9.12. The summed E-state index contributed by atoms with van der Waals surface area (Å²) >= 11 is 0. The fourth-order valence-corrected chi connectivity index (χ4v) is 1.40. The van der Waals surface area contributed by atoms with E-state index in [4.69, 9.17) is 4.42 Å². The molecule has 1 aromatic heterocycles. The van der Waals surface area contributed by atoms with E-state index in [0.29, 0.717) is 23.6 Å². The Labute approximate surface area is 92.5 Å². The monoisotopic (exact) mass is 221 g/mol. The molecule has 84 valence electrons. The van der Waals surface area contributed by atoms with Crippen molar-refractivity contribution in [2.45, 2.75) is 13.5 Å². The molecule has 0 radical (unpaired) electrons. The van der Waals surface area contributed by atoms with Gasteiger partial charge in [0.1, 0.15) is 5.82 Å². The highest BCUT2D eigenvalue weighted by Gasteiger charge is 2.13. The number of hydrogen-bond acceptors (Lipinski definition) is 4. The highest BCUT2D eigenvalue weighted by atomic mass is 19.1. The number of nitrogens with zero attached hydrogens (tertiary/aromatic N) is 2. The van der Waals surface area contributed by atoms with Crippen molar-refractivity contribution < 1.29 is 8.81 Å². The van der Waals surface area contributed by atoms with Crippen molar-refractivity contribution >= 4 is 0 Å². The first-order chi connectivity index (χ1) is 7.72. The number of halogens is 1. The minimum atomic E-state index is -0.317. The van der Waals surface area contributed by atoms with Crippen LogP contribution in [0, 0.1) is 12.7 Å². The van der Waals surface area contributed by atoms with Crippen LogP contribution in [0.25, 0.3) is 11.5 Å². The summed E-state index contributed by atoms with van der Waals surface area (Å²) in [5.74, 6) is 0.340. The zero-order chi connectivity index (χ0) is 11.5. The van der Waals surface area contributed by atoms with Gasteiger partial charge in [-0.3, -0.25) is 0 Å². The fourth-order valence-electron chi connectivity index (χ4n) is 1.40. The number of rotatable bonds is 3. The minimum absolute atomic E-state index is 0.214. The topological polar surface area (TPSA) is 51.0 Å². The normalized spacial score (nSPS) is 10.7. The maximum absolute atomic E-state index is 13.7. The molecule has 2 rings (SSSR count). The van der Waals surface area contributed by atoms with E-state index < -0.39 is 0 Å². The lowest BCUT2D eigenvalue weighted by molar-refractivity contribution is 0.487. The molecule has 0 aliphatic rings. The van der Waals surface area contributed by atoms with Crippen LogP contribution in [0.2, 0.25) is 0 Å². The van der Waals surface area contributed by atoms with Gasteiger partial charge in [0.2, 0.25) is 5.89 Å². The van der Waals surface area contributed by atoms with Crippen LogP contribution in [0.15, 0.2) is 22.6 Å². The Morgan fingerprint density at radius 2 is 2.19 bits per heavy atom. The van der Waals surface area contributed by atoms with Gasteiger partial charge in [-0.05, 0) is 25.6 Å². The molecule has 1 aromatic carbocycles. The lowest BCUT2D eigenvalue weighted by Crippen LogP contribution is -2.04. The van der Waals surface area contributed by atoms with Gasteiger partial charge < -0.3 is 9.73 Å². The summed E-state index contributed by atoms with van der Waals surface area (Å²) in [6.45, 7) is 2.17. The average Bonchev–Trinajstić information content (AvgIpc) is 2.71. The second-order valence-corrected chi connectivity index (χ2v) is 3.47. The number of hydrogen-bond donors (Lipinski definition) is 1. The molecule has 0 atom stereocenters. The Hall–Kier alpha value is -1.75. The van der Waals surface area contributed by atoms with Gasteiger partial charge in [0.25, 0.3) is 5.89 Å². The van der Waals surface area contributed by atoms with Crippen molar-refractivity contribution in [1.29, 1.82) is 0 Å². The van der Waals surface area contributed by atoms with E-state index in [1.807, 2.05) is 0 Å². The average molecular weight is 221 g/mol. The molecular formula is C11H12FN3O. The molecule has 0 aliphatic heterocycles. The van der Waals surface area contributed by atoms with Crippen molar-refractivity contribution in [3.63, 3.8) is 0 Å². The maximum Gasteiger partial charge on any atom is 0.250 e. The van der Waals surface area contributed by atoms with E-state index in [2.05, 4.69) is 15.5 Å². The summed E-state index contributed by atoms with van der Waals surface area (Å²) in [5.41, 5.74) is 0.903. The van der Waals surface area contributed by atoms with Crippen molar-refractivity contribution in [1.82, 2.24) is 15.5 Å². The van der Waals surface area contributed by atoms with Crippen LogP contribution in [0.4, 0.5) is 4.39 Å². The molecule has 16 heavy (non-hydrogen) atoms. The molecule has 0 fully saturated rings. The van der Waals surface area contributed by atoms with Gasteiger partial charge >= 0.3 is 0 Å². The first-order valence-corrected chi connectivity index (χ1v) is 4.95. The lowest BCUT2D eigenvalue weighted by Gasteiger charge is -2.00. The van der Waals surface area contributed by atoms with E-state index in [0.717, 1.165) is 0 Å². The van der Waals surface area contributed by atoms with E-state index in [1.165, 1.54) is 0 Å². The highest BCUT2D eigenvalue weighted by Crippen LogP contribution is 2.23. The van der Waals surface area contributed by atoms with Crippen LogP contribution in [0.5, 0.6) is 0 Å². The number of benzene rings is 1. The van der Waals surface area contributed by atoms with Crippen molar-refractivity contribution in [3.8, 4) is 11.5 Å². The van der Waals surface area contributed by atoms with Gasteiger partial charge in [-0.2, -0.15) is 0 Å². The predicted octanol–water partition coefficient (Wildman–Crippen LogP) is 1.90. The molecule has 0 saturated carbocycles. The molecular weight excluding hydrogens is 209 g/mol. The Bertz CT molecular complexity index is 496. The second-order valence-electron chi connectivity index (χ2n) is 3.47. The number of aromatic nitrogens is 2.